The summed E-state index contributed by atoms with van der Waals surface area (Å²) in [5, 5.41) is 21.2. The maximum absolute atomic E-state index is 13.8. The predicted octanol–water partition coefficient (Wildman–Crippen LogP) is 4.97. The first-order valence-corrected chi connectivity index (χ1v) is 8.61. The van der Waals surface area contributed by atoms with Crippen molar-refractivity contribution in [1.29, 1.82) is 0 Å². The van der Waals surface area contributed by atoms with E-state index in [-0.39, 0.29) is 5.75 Å². The fourth-order valence-corrected chi connectivity index (χ4v) is 3.43. The van der Waals surface area contributed by atoms with E-state index in [4.69, 9.17) is 0 Å². The van der Waals surface area contributed by atoms with Gasteiger partial charge in [0.1, 0.15) is 5.75 Å². The molecule has 0 saturated heterocycles. The number of para-hydroxylation sites is 2. The zero-order valence-corrected chi connectivity index (χ0v) is 14.7. The quantitative estimate of drug-likeness (QED) is 0.662. The maximum atomic E-state index is 13.8. The van der Waals surface area contributed by atoms with Crippen LogP contribution in [0.3, 0.4) is 0 Å². The minimum atomic E-state index is -4.82. The average molecular weight is 375 g/mol. The van der Waals surface area contributed by atoms with Gasteiger partial charge in [0.25, 0.3) is 0 Å². The number of hydrogen-bond donors (Lipinski definition) is 2. The van der Waals surface area contributed by atoms with Crippen LogP contribution in [-0.4, -0.2) is 27.0 Å². The summed E-state index contributed by atoms with van der Waals surface area (Å²) in [6.45, 7) is 1.57. The van der Waals surface area contributed by atoms with Crippen LogP contribution in [0.15, 0.2) is 60.8 Å². The van der Waals surface area contributed by atoms with E-state index in [9.17, 15) is 23.4 Å². The topological polar surface area (TPSA) is 53.4 Å². The number of phenolic OH excluding ortho intramolecular Hbond substituents is 1. The van der Waals surface area contributed by atoms with Crippen LogP contribution < -0.4 is 0 Å². The smallest absolute Gasteiger partial charge is 0.417 e. The van der Waals surface area contributed by atoms with Gasteiger partial charge in [0, 0.05) is 18.0 Å². The number of fused-ring (bicyclic) bond motifs is 1. The molecule has 3 nitrogen and oxygen atoms in total. The molecule has 0 radical (unpaired) electrons. The van der Waals surface area contributed by atoms with Crippen LogP contribution in [0.25, 0.3) is 10.9 Å². The first kappa shape index (κ1) is 19.2. The van der Waals surface area contributed by atoms with Crippen LogP contribution in [0.2, 0.25) is 0 Å². The zero-order chi connectivity index (χ0) is 19.7. The Kier molecular flexibility index (Phi) is 5.11. The number of aromatic hydroxyl groups is 1. The number of aliphatic hydroxyl groups is 1. The van der Waals surface area contributed by atoms with Crippen molar-refractivity contribution in [3.8, 4) is 5.75 Å². The molecule has 0 fully saturated rings. The molecule has 2 N–H and O–H groups in total. The van der Waals surface area contributed by atoms with Crippen molar-refractivity contribution in [2.75, 3.05) is 0 Å². The summed E-state index contributed by atoms with van der Waals surface area (Å²) in [4.78, 5) is 4.16. The van der Waals surface area contributed by atoms with Crippen LogP contribution in [0.4, 0.5) is 13.2 Å². The molecule has 0 aliphatic carbocycles. The second-order valence-electron chi connectivity index (χ2n) is 6.86. The monoisotopic (exact) mass is 375 g/mol. The number of hydrogen-bond acceptors (Lipinski definition) is 3. The van der Waals surface area contributed by atoms with Crippen molar-refractivity contribution in [2.45, 2.75) is 37.5 Å². The molecule has 3 rings (SSSR count). The maximum Gasteiger partial charge on any atom is 0.417 e. The van der Waals surface area contributed by atoms with Crippen LogP contribution in [0.1, 0.15) is 30.4 Å². The summed E-state index contributed by atoms with van der Waals surface area (Å²) in [5.41, 5.74) is -1.60. The molecule has 0 amide bonds. The number of phenols is 1. The zero-order valence-electron chi connectivity index (χ0n) is 14.7. The molecule has 27 heavy (non-hydrogen) atoms. The lowest BCUT2D eigenvalue weighted by Gasteiger charge is -2.33. The Morgan fingerprint density at radius 1 is 1.00 bits per heavy atom. The molecule has 0 aliphatic heterocycles. The van der Waals surface area contributed by atoms with E-state index < -0.39 is 30.5 Å². The number of nitrogens with zero attached hydrogens (tertiary/aromatic N) is 1. The van der Waals surface area contributed by atoms with Gasteiger partial charge < -0.3 is 10.2 Å². The van der Waals surface area contributed by atoms with Gasteiger partial charge in [-0.05, 0) is 41.7 Å². The molecule has 0 saturated carbocycles. The highest BCUT2D eigenvalue weighted by Crippen LogP contribution is 2.42. The Balaban J connectivity index is 1.97. The van der Waals surface area contributed by atoms with Gasteiger partial charge in [-0.3, -0.25) is 4.98 Å². The van der Waals surface area contributed by atoms with Gasteiger partial charge in [-0.2, -0.15) is 13.2 Å². The summed E-state index contributed by atoms with van der Waals surface area (Å²) >= 11 is 0. The summed E-state index contributed by atoms with van der Waals surface area (Å²) in [5.74, 6) is -0.769. The molecular formula is C21H20F3NO2. The molecule has 6 heteroatoms. The van der Waals surface area contributed by atoms with E-state index in [2.05, 4.69) is 4.98 Å². The molecule has 3 aromatic rings. The number of benzene rings is 2. The molecular weight excluding hydrogens is 355 g/mol. The highest BCUT2D eigenvalue weighted by molar-refractivity contribution is 5.81. The normalized spacial score (nSPS) is 15.4. The second-order valence-corrected chi connectivity index (χ2v) is 6.86. The van der Waals surface area contributed by atoms with Crippen molar-refractivity contribution in [2.24, 2.45) is 0 Å². The predicted molar refractivity (Wildman–Crippen MR) is 97.6 cm³/mol. The SMILES string of the molecule is CC(CC(O)(Cc1ccnc2ccccc12)C(F)(F)F)c1ccccc1O. The molecule has 2 atom stereocenters. The van der Waals surface area contributed by atoms with Crippen molar-refractivity contribution < 1.29 is 23.4 Å². The number of pyridine rings is 1. The van der Waals surface area contributed by atoms with Gasteiger partial charge in [0.05, 0.1) is 5.52 Å². The van der Waals surface area contributed by atoms with E-state index >= 15 is 0 Å². The summed E-state index contributed by atoms with van der Waals surface area (Å²) in [6.07, 6.45) is -4.53. The molecule has 2 aromatic carbocycles. The minimum Gasteiger partial charge on any atom is -0.508 e. The van der Waals surface area contributed by atoms with E-state index in [1.807, 2.05) is 0 Å². The molecule has 142 valence electrons. The Morgan fingerprint density at radius 3 is 2.37 bits per heavy atom. The third kappa shape index (κ3) is 3.90. The minimum absolute atomic E-state index is 0.0797. The molecule has 2 unspecified atom stereocenters. The number of halogens is 3. The number of alkyl halides is 3. The van der Waals surface area contributed by atoms with Gasteiger partial charge in [-0.25, -0.2) is 0 Å². The molecule has 0 spiro atoms. The lowest BCUT2D eigenvalue weighted by atomic mass is 9.82. The van der Waals surface area contributed by atoms with Crippen LogP contribution >= 0.6 is 0 Å². The second kappa shape index (κ2) is 7.19. The Labute approximate surface area is 155 Å². The Bertz CT molecular complexity index is 937. The van der Waals surface area contributed by atoms with Gasteiger partial charge in [0.15, 0.2) is 5.60 Å². The highest BCUT2D eigenvalue weighted by Gasteiger charge is 2.54. The molecule has 0 bridgehead atoms. The highest BCUT2D eigenvalue weighted by atomic mass is 19.4. The van der Waals surface area contributed by atoms with Gasteiger partial charge in [-0.1, -0.05) is 43.3 Å². The largest absolute Gasteiger partial charge is 0.508 e. The van der Waals surface area contributed by atoms with Gasteiger partial charge >= 0.3 is 6.18 Å². The van der Waals surface area contributed by atoms with Crippen molar-refractivity contribution in [3.05, 3.63) is 71.9 Å². The summed E-state index contributed by atoms with van der Waals surface area (Å²) in [7, 11) is 0. The van der Waals surface area contributed by atoms with Crippen molar-refractivity contribution in [3.63, 3.8) is 0 Å². The lowest BCUT2D eigenvalue weighted by Crippen LogP contribution is -2.48. The number of aromatic nitrogens is 1. The Hall–Kier alpha value is -2.60. The fraction of sp³-hybridized carbons (Fsp3) is 0.286. The van der Waals surface area contributed by atoms with E-state index in [0.717, 1.165) is 0 Å². The van der Waals surface area contributed by atoms with Crippen molar-refractivity contribution >= 4 is 10.9 Å². The van der Waals surface area contributed by atoms with Crippen molar-refractivity contribution in [1.82, 2.24) is 4.98 Å². The summed E-state index contributed by atoms with van der Waals surface area (Å²) in [6, 6.07) is 14.6. The van der Waals surface area contributed by atoms with E-state index in [0.29, 0.717) is 22.0 Å². The molecule has 0 aliphatic rings. The lowest BCUT2D eigenvalue weighted by molar-refractivity contribution is -0.263. The van der Waals surface area contributed by atoms with Crippen LogP contribution in [-0.2, 0) is 6.42 Å². The van der Waals surface area contributed by atoms with E-state index in [1.54, 1.807) is 49.4 Å². The molecule has 1 aromatic heterocycles. The fourth-order valence-electron chi connectivity index (χ4n) is 3.43. The number of rotatable bonds is 5. The summed E-state index contributed by atoms with van der Waals surface area (Å²) < 4.78 is 41.5. The van der Waals surface area contributed by atoms with Gasteiger partial charge in [0.2, 0.25) is 0 Å². The molecule has 1 heterocycles. The standard InChI is InChI=1S/C21H20F3NO2/c1-14(16-6-3-5-9-19(16)26)12-20(27,21(22,23)24)13-15-10-11-25-18-8-4-2-7-17(15)18/h2-11,14,26-27H,12-13H2,1H3. The van der Waals surface area contributed by atoms with Crippen LogP contribution in [0.5, 0.6) is 5.75 Å². The van der Waals surface area contributed by atoms with Gasteiger partial charge in [-0.15, -0.1) is 0 Å². The van der Waals surface area contributed by atoms with Crippen LogP contribution in [0, 0.1) is 0 Å². The third-order valence-corrected chi connectivity index (χ3v) is 4.86. The average Bonchev–Trinajstić information content (AvgIpc) is 2.61. The third-order valence-electron chi connectivity index (χ3n) is 4.86. The van der Waals surface area contributed by atoms with E-state index in [1.165, 1.54) is 18.3 Å². The Morgan fingerprint density at radius 2 is 1.67 bits per heavy atom. The first-order valence-electron chi connectivity index (χ1n) is 8.61. The first-order chi connectivity index (χ1) is 12.7.